The van der Waals surface area contributed by atoms with Gasteiger partial charge in [0.1, 0.15) is 0 Å². The minimum atomic E-state index is -0.104. The highest BCUT2D eigenvalue weighted by atomic mass is 14.5. The van der Waals surface area contributed by atoms with Crippen molar-refractivity contribution in [1.29, 1.82) is 5.26 Å². The third-order valence-electron chi connectivity index (χ3n) is 2.79. The van der Waals surface area contributed by atoms with E-state index in [0.29, 0.717) is 5.41 Å². The average Bonchev–Trinajstić information content (AvgIpc) is 2.49. The van der Waals surface area contributed by atoms with E-state index in [9.17, 15) is 0 Å². The first-order valence-corrected chi connectivity index (χ1v) is 3.43. The molecule has 0 aromatic carbocycles. The Labute approximate surface area is 56.7 Å². The van der Waals surface area contributed by atoms with Crippen LogP contribution >= 0.6 is 0 Å². The van der Waals surface area contributed by atoms with Crippen LogP contribution in [0.2, 0.25) is 0 Å². The average molecular weight is 123 g/mol. The van der Waals surface area contributed by atoms with Gasteiger partial charge in [-0.1, -0.05) is 6.92 Å². The van der Waals surface area contributed by atoms with E-state index in [1.807, 2.05) is 13.8 Å². The first-order valence-electron chi connectivity index (χ1n) is 3.43. The lowest BCUT2D eigenvalue weighted by Gasteiger charge is -2.22. The van der Waals surface area contributed by atoms with Crippen LogP contribution in [0.1, 0.15) is 33.6 Å². The Hall–Kier alpha value is -0.510. The molecule has 1 saturated carbocycles. The highest BCUT2D eigenvalue weighted by Crippen LogP contribution is 2.57. The van der Waals surface area contributed by atoms with E-state index in [0.717, 1.165) is 0 Å². The van der Waals surface area contributed by atoms with Crippen molar-refractivity contribution >= 4 is 0 Å². The van der Waals surface area contributed by atoms with Crippen LogP contribution in [0.15, 0.2) is 0 Å². The van der Waals surface area contributed by atoms with Crippen LogP contribution in [0.4, 0.5) is 0 Å². The SMILES string of the molecule is CC(C)(C#N)C1(C)CC1. The van der Waals surface area contributed by atoms with E-state index < -0.39 is 0 Å². The van der Waals surface area contributed by atoms with Gasteiger partial charge in [-0.25, -0.2) is 0 Å². The van der Waals surface area contributed by atoms with Gasteiger partial charge in [0.05, 0.1) is 11.5 Å². The smallest absolute Gasteiger partial charge is 0.0689 e. The van der Waals surface area contributed by atoms with Gasteiger partial charge in [0.25, 0.3) is 0 Å². The highest BCUT2D eigenvalue weighted by molar-refractivity contribution is 5.10. The lowest BCUT2D eigenvalue weighted by Crippen LogP contribution is -2.20. The molecule has 9 heavy (non-hydrogen) atoms. The molecule has 0 amide bonds. The van der Waals surface area contributed by atoms with E-state index in [1.54, 1.807) is 0 Å². The summed E-state index contributed by atoms with van der Waals surface area (Å²) in [6.07, 6.45) is 2.46. The van der Waals surface area contributed by atoms with Gasteiger partial charge in [-0.3, -0.25) is 0 Å². The molecule has 50 valence electrons. The number of rotatable bonds is 1. The van der Waals surface area contributed by atoms with Crippen LogP contribution < -0.4 is 0 Å². The minimum Gasteiger partial charge on any atom is -0.198 e. The van der Waals surface area contributed by atoms with Crippen molar-refractivity contribution in [3.05, 3.63) is 0 Å². The van der Waals surface area contributed by atoms with E-state index in [-0.39, 0.29) is 5.41 Å². The predicted octanol–water partition coefficient (Wildman–Crippen LogP) is 2.34. The monoisotopic (exact) mass is 123 g/mol. The minimum absolute atomic E-state index is 0.104. The zero-order valence-corrected chi connectivity index (χ0v) is 6.36. The Bertz CT molecular complexity index is 158. The fourth-order valence-electron chi connectivity index (χ4n) is 0.947. The molecule has 1 nitrogen and oxygen atoms in total. The third-order valence-corrected chi connectivity index (χ3v) is 2.79. The number of nitriles is 1. The zero-order valence-electron chi connectivity index (χ0n) is 6.36. The Morgan fingerprint density at radius 3 is 2.00 bits per heavy atom. The van der Waals surface area contributed by atoms with E-state index in [4.69, 9.17) is 5.26 Å². The zero-order chi connectivity index (χ0) is 7.12. The van der Waals surface area contributed by atoms with E-state index >= 15 is 0 Å². The Balaban J connectivity index is 2.73. The van der Waals surface area contributed by atoms with Gasteiger partial charge in [0, 0.05) is 0 Å². The van der Waals surface area contributed by atoms with E-state index in [2.05, 4.69) is 13.0 Å². The maximum atomic E-state index is 8.72. The summed E-state index contributed by atoms with van der Waals surface area (Å²) in [7, 11) is 0. The molecular formula is C8H13N. The van der Waals surface area contributed by atoms with Crippen molar-refractivity contribution in [2.45, 2.75) is 33.6 Å². The fourth-order valence-corrected chi connectivity index (χ4v) is 0.947. The summed E-state index contributed by atoms with van der Waals surface area (Å²) in [5.41, 5.74) is 0.231. The summed E-state index contributed by atoms with van der Waals surface area (Å²) >= 11 is 0. The van der Waals surface area contributed by atoms with Gasteiger partial charge in [-0.2, -0.15) is 5.26 Å². The van der Waals surface area contributed by atoms with Crippen LogP contribution in [0.25, 0.3) is 0 Å². The van der Waals surface area contributed by atoms with Crippen molar-refractivity contribution in [3.8, 4) is 6.07 Å². The van der Waals surface area contributed by atoms with Crippen LogP contribution in [0.3, 0.4) is 0 Å². The summed E-state index contributed by atoms with van der Waals surface area (Å²) in [6, 6.07) is 2.34. The molecule has 1 rings (SSSR count). The van der Waals surface area contributed by atoms with Crippen LogP contribution in [0, 0.1) is 22.2 Å². The van der Waals surface area contributed by atoms with Gasteiger partial charge in [0.15, 0.2) is 0 Å². The molecule has 1 aliphatic rings. The molecule has 0 radical (unpaired) electrons. The van der Waals surface area contributed by atoms with Crippen LogP contribution in [-0.4, -0.2) is 0 Å². The number of nitrogens with zero attached hydrogens (tertiary/aromatic N) is 1. The Morgan fingerprint density at radius 2 is 1.89 bits per heavy atom. The first kappa shape index (κ1) is 6.61. The van der Waals surface area contributed by atoms with Crippen LogP contribution in [-0.2, 0) is 0 Å². The lowest BCUT2D eigenvalue weighted by atomic mass is 9.79. The van der Waals surface area contributed by atoms with Gasteiger partial charge in [-0.05, 0) is 32.1 Å². The molecular weight excluding hydrogens is 110 g/mol. The van der Waals surface area contributed by atoms with Crippen molar-refractivity contribution in [1.82, 2.24) is 0 Å². The summed E-state index contributed by atoms with van der Waals surface area (Å²) < 4.78 is 0. The van der Waals surface area contributed by atoms with E-state index in [1.165, 1.54) is 12.8 Å². The lowest BCUT2D eigenvalue weighted by molar-refractivity contribution is 0.294. The Kier molecular flexibility index (Phi) is 1.10. The standard InChI is InChI=1S/C8H13N/c1-7(2,6-9)8(3)4-5-8/h4-5H2,1-3H3. The van der Waals surface area contributed by atoms with Crippen molar-refractivity contribution < 1.29 is 0 Å². The molecule has 0 unspecified atom stereocenters. The maximum Gasteiger partial charge on any atom is 0.0689 e. The first-order chi connectivity index (χ1) is 4.02. The number of hydrogen-bond donors (Lipinski definition) is 0. The normalized spacial score (nSPS) is 22.9. The summed E-state index contributed by atoms with van der Waals surface area (Å²) in [4.78, 5) is 0. The van der Waals surface area contributed by atoms with Crippen molar-refractivity contribution in [2.75, 3.05) is 0 Å². The Morgan fingerprint density at radius 1 is 1.44 bits per heavy atom. The second kappa shape index (κ2) is 1.50. The second-order valence-electron chi connectivity index (χ2n) is 3.80. The molecule has 0 heterocycles. The molecule has 0 bridgehead atoms. The molecule has 0 aromatic rings. The van der Waals surface area contributed by atoms with Crippen LogP contribution in [0.5, 0.6) is 0 Å². The topological polar surface area (TPSA) is 23.8 Å². The van der Waals surface area contributed by atoms with Crippen molar-refractivity contribution in [3.63, 3.8) is 0 Å². The highest BCUT2D eigenvalue weighted by Gasteiger charge is 2.50. The maximum absolute atomic E-state index is 8.72. The summed E-state index contributed by atoms with van der Waals surface area (Å²) in [5.74, 6) is 0. The quantitative estimate of drug-likeness (QED) is 0.525. The number of hydrogen-bond acceptors (Lipinski definition) is 1. The molecule has 0 aromatic heterocycles. The predicted molar refractivity (Wildman–Crippen MR) is 36.7 cm³/mol. The van der Waals surface area contributed by atoms with Gasteiger partial charge in [0.2, 0.25) is 0 Å². The van der Waals surface area contributed by atoms with Gasteiger partial charge in [-0.15, -0.1) is 0 Å². The molecule has 0 aliphatic heterocycles. The van der Waals surface area contributed by atoms with Gasteiger partial charge >= 0.3 is 0 Å². The van der Waals surface area contributed by atoms with Crippen molar-refractivity contribution in [2.24, 2.45) is 10.8 Å². The summed E-state index contributed by atoms with van der Waals surface area (Å²) in [5, 5.41) is 8.72. The third kappa shape index (κ3) is 0.830. The molecule has 0 saturated heterocycles. The molecule has 0 atom stereocenters. The van der Waals surface area contributed by atoms with Gasteiger partial charge < -0.3 is 0 Å². The molecule has 1 heteroatoms. The fraction of sp³-hybridized carbons (Fsp3) is 0.875. The molecule has 1 aliphatic carbocycles. The second-order valence-corrected chi connectivity index (χ2v) is 3.80. The summed E-state index contributed by atoms with van der Waals surface area (Å²) in [6.45, 7) is 6.25. The largest absolute Gasteiger partial charge is 0.198 e. The molecule has 1 fully saturated rings. The molecule has 0 N–H and O–H groups in total. The molecule has 0 spiro atoms.